The van der Waals surface area contributed by atoms with Crippen molar-refractivity contribution in [2.24, 2.45) is 17.6 Å². The van der Waals surface area contributed by atoms with E-state index in [1.165, 1.54) is 51.7 Å². The van der Waals surface area contributed by atoms with Gasteiger partial charge in [-0.1, -0.05) is 20.3 Å². The van der Waals surface area contributed by atoms with Crippen molar-refractivity contribution in [2.45, 2.75) is 58.0 Å². The van der Waals surface area contributed by atoms with Gasteiger partial charge in [-0.05, 0) is 57.7 Å². The molecule has 0 aromatic heterocycles. The van der Waals surface area contributed by atoms with Crippen LogP contribution in [0.5, 0.6) is 0 Å². The van der Waals surface area contributed by atoms with E-state index >= 15 is 0 Å². The Hall–Kier alpha value is -0.120. The molecule has 0 aromatic carbocycles. The van der Waals surface area contributed by atoms with E-state index in [0.29, 0.717) is 0 Å². The number of hydrogen-bond donors (Lipinski definition) is 1. The first-order valence-electron chi connectivity index (χ1n) is 8.30. The van der Waals surface area contributed by atoms with Crippen molar-refractivity contribution < 1.29 is 0 Å². The summed E-state index contributed by atoms with van der Waals surface area (Å²) in [5, 5.41) is 0. The van der Waals surface area contributed by atoms with Crippen LogP contribution in [0, 0.1) is 11.8 Å². The molecule has 1 saturated heterocycles. The van der Waals surface area contributed by atoms with Crippen LogP contribution >= 0.6 is 0 Å². The Morgan fingerprint density at radius 2 is 2.00 bits per heavy atom. The van der Waals surface area contributed by atoms with E-state index in [1.54, 1.807) is 0 Å². The van der Waals surface area contributed by atoms with Gasteiger partial charge < -0.3 is 10.6 Å². The van der Waals surface area contributed by atoms with Crippen LogP contribution < -0.4 is 5.73 Å². The molecule has 3 heteroatoms. The smallest absolute Gasteiger partial charge is 0.0223 e. The number of nitrogens with two attached hydrogens (primary N) is 1. The molecular weight excluding hydrogens is 234 g/mol. The standard InChI is InChI=1S/C16H33N3/c1-4-15-12-18(3)8-5-9-19(15)16-10-13(2)6-7-14(16)11-17/h13-16H,4-12,17H2,1-3H3. The van der Waals surface area contributed by atoms with Gasteiger partial charge in [-0.25, -0.2) is 0 Å². The third-order valence-electron chi connectivity index (χ3n) is 5.37. The van der Waals surface area contributed by atoms with Crippen molar-refractivity contribution in [1.82, 2.24) is 9.80 Å². The van der Waals surface area contributed by atoms with Gasteiger partial charge in [0.25, 0.3) is 0 Å². The van der Waals surface area contributed by atoms with E-state index in [1.807, 2.05) is 0 Å². The maximum Gasteiger partial charge on any atom is 0.0223 e. The van der Waals surface area contributed by atoms with Crippen LogP contribution in [0.25, 0.3) is 0 Å². The van der Waals surface area contributed by atoms with Gasteiger partial charge in [0.15, 0.2) is 0 Å². The van der Waals surface area contributed by atoms with Gasteiger partial charge in [-0.3, -0.25) is 4.90 Å². The number of likely N-dealkylation sites (N-methyl/N-ethyl adjacent to an activating group) is 1. The van der Waals surface area contributed by atoms with Crippen LogP contribution in [0.3, 0.4) is 0 Å². The van der Waals surface area contributed by atoms with Crippen molar-refractivity contribution in [3.05, 3.63) is 0 Å². The van der Waals surface area contributed by atoms with E-state index in [-0.39, 0.29) is 0 Å². The summed E-state index contributed by atoms with van der Waals surface area (Å²) < 4.78 is 0. The van der Waals surface area contributed by atoms with Gasteiger partial charge in [0.1, 0.15) is 0 Å². The summed E-state index contributed by atoms with van der Waals surface area (Å²) in [5.74, 6) is 1.61. The Kier molecular flexibility index (Phi) is 5.67. The predicted octanol–water partition coefficient (Wildman–Crippen LogP) is 2.17. The molecule has 0 radical (unpaired) electrons. The minimum atomic E-state index is 0.730. The summed E-state index contributed by atoms with van der Waals surface area (Å²) in [6, 6.07) is 1.47. The first-order valence-corrected chi connectivity index (χ1v) is 8.30. The highest BCUT2D eigenvalue weighted by Crippen LogP contribution is 2.33. The van der Waals surface area contributed by atoms with Crippen molar-refractivity contribution >= 4 is 0 Å². The molecule has 1 aliphatic heterocycles. The lowest BCUT2D eigenvalue weighted by Crippen LogP contribution is -2.52. The molecule has 0 bridgehead atoms. The Morgan fingerprint density at radius 3 is 2.68 bits per heavy atom. The predicted molar refractivity (Wildman–Crippen MR) is 82.2 cm³/mol. The summed E-state index contributed by atoms with van der Waals surface area (Å²) >= 11 is 0. The fourth-order valence-electron chi connectivity index (χ4n) is 4.16. The highest BCUT2D eigenvalue weighted by molar-refractivity contribution is 4.91. The minimum absolute atomic E-state index is 0.730. The van der Waals surface area contributed by atoms with E-state index in [0.717, 1.165) is 30.5 Å². The van der Waals surface area contributed by atoms with Crippen LogP contribution in [0.2, 0.25) is 0 Å². The summed E-state index contributed by atoms with van der Waals surface area (Å²) in [7, 11) is 2.27. The molecule has 19 heavy (non-hydrogen) atoms. The Bertz CT molecular complexity index is 269. The molecule has 1 aliphatic carbocycles. The molecule has 2 fully saturated rings. The number of nitrogens with zero attached hydrogens (tertiary/aromatic N) is 2. The molecule has 0 aromatic rings. The molecular formula is C16H33N3. The highest BCUT2D eigenvalue weighted by Gasteiger charge is 2.35. The number of rotatable bonds is 3. The lowest BCUT2D eigenvalue weighted by Gasteiger charge is -2.45. The van der Waals surface area contributed by atoms with Gasteiger partial charge in [0, 0.05) is 25.2 Å². The lowest BCUT2D eigenvalue weighted by atomic mass is 9.77. The molecule has 0 amide bonds. The van der Waals surface area contributed by atoms with Crippen molar-refractivity contribution in [3.63, 3.8) is 0 Å². The molecule has 4 atom stereocenters. The monoisotopic (exact) mass is 267 g/mol. The third kappa shape index (κ3) is 3.71. The Morgan fingerprint density at radius 1 is 1.21 bits per heavy atom. The molecule has 1 saturated carbocycles. The highest BCUT2D eigenvalue weighted by atomic mass is 15.3. The van der Waals surface area contributed by atoms with E-state index < -0.39 is 0 Å². The summed E-state index contributed by atoms with van der Waals surface area (Å²) in [6.07, 6.45) is 6.66. The molecule has 2 N–H and O–H groups in total. The van der Waals surface area contributed by atoms with Gasteiger partial charge in [0.05, 0.1) is 0 Å². The molecule has 2 rings (SSSR count). The van der Waals surface area contributed by atoms with Crippen LogP contribution in [0.1, 0.15) is 46.0 Å². The van der Waals surface area contributed by atoms with E-state index in [2.05, 4.69) is 30.7 Å². The van der Waals surface area contributed by atoms with Crippen LogP contribution in [-0.2, 0) is 0 Å². The average Bonchev–Trinajstić information content (AvgIpc) is 2.60. The molecule has 4 unspecified atom stereocenters. The van der Waals surface area contributed by atoms with Crippen molar-refractivity contribution in [3.8, 4) is 0 Å². The summed E-state index contributed by atoms with van der Waals surface area (Å²) in [5.41, 5.74) is 6.06. The zero-order valence-electron chi connectivity index (χ0n) is 13.1. The molecule has 0 spiro atoms. The zero-order chi connectivity index (χ0) is 13.8. The summed E-state index contributed by atoms with van der Waals surface area (Å²) in [6.45, 7) is 9.41. The maximum atomic E-state index is 6.06. The fraction of sp³-hybridized carbons (Fsp3) is 1.00. The fourth-order valence-corrected chi connectivity index (χ4v) is 4.16. The first-order chi connectivity index (χ1) is 9.15. The third-order valence-corrected chi connectivity index (χ3v) is 5.37. The topological polar surface area (TPSA) is 32.5 Å². The second kappa shape index (κ2) is 7.05. The Balaban J connectivity index is 2.10. The number of hydrogen-bond acceptors (Lipinski definition) is 3. The molecule has 112 valence electrons. The van der Waals surface area contributed by atoms with Gasteiger partial charge in [-0.15, -0.1) is 0 Å². The minimum Gasteiger partial charge on any atom is -0.330 e. The van der Waals surface area contributed by atoms with Crippen molar-refractivity contribution in [2.75, 3.05) is 33.2 Å². The second-order valence-electron chi connectivity index (χ2n) is 6.90. The van der Waals surface area contributed by atoms with Crippen molar-refractivity contribution in [1.29, 1.82) is 0 Å². The first kappa shape index (κ1) is 15.3. The van der Waals surface area contributed by atoms with E-state index in [9.17, 15) is 0 Å². The molecule has 2 aliphatic rings. The van der Waals surface area contributed by atoms with E-state index in [4.69, 9.17) is 5.73 Å². The SMILES string of the molecule is CCC1CN(C)CCCN1C1CC(C)CCC1CN. The van der Waals surface area contributed by atoms with Crippen LogP contribution in [0.4, 0.5) is 0 Å². The molecule has 3 nitrogen and oxygen atoms in total. The average molecular weight is 267 g/mol. The molecule has 1 heterocycles. The quantitative estimate of drug-likeness (QED) is 0.850. The van der Waals surface area contributed by atoms with Crippen LogP contribution in [-0.4, -0.2) is 55.1 Å². The maximum absolute atomic E-state index is 6.06. The second-order valence-corrected chi connectivity index (χ2v) is 6.90. The zero-order valence-corrected chi connectivity index (χ0v) is 13.1. The van der Waals surface area contributed by atoms with Crippen LogP contribution in [0.15, 0.2) is 0 Å². The van der Waals surface area contributed by atoms with Gasteiger partial charge in [-0.2, -0.15) is 0 Å². The normalized spacial score (nSPS) is 39.2. The lowest BCUT2D eigenvalue weighted by molar-refractivity contribution is 0.0493. The van der Waals surface area contributed by atoms with Gasteiger partial charge >= 0.3 is 0 Å². The van der Waals surface area contributed by atoms with Gasteiger partial charge in [0.2, 0.25) is 0 Å². The summed E-state index contributed by atoms with van der Waals surface area (Å²) in [4.78, 5) is 5.34. The Labute approximate surface area is 119 Å². The largest absolute Gasteiger partial charge is 0.330 e.